The summed E-state index contributed by atoms with van der Waals surface area (Å²) in [7, 11) is 0. The van der Waals surface area contributed by atoms with E-state index in [2.05, 4.69) is 73.8 Å². The van der Waals surface area contributed by atoms with E-state index in [1.165, 1.54) is 36.0 Å². The van der Waals surface area contributed by atoms with E-state index >= 15 is 0 Å². The summed E-state index contributed by atoms with van der Waals surface area (Å²) in [6.07, 6.45) is 4.04. The highest BCUT2D eigenvalue weighted by molar-refractivity contribution is 5.63. The lowest BCUT2D eigenvalue weighted by Gasteiger charge is -2.15. The molecular formula is C20H25N. The molecule has 1 fully saturated rings. The zero-order valence-electron chi connectivity index (χ0n) is 13.0. The van der Waals surface area contributed by atoms with Gasteiger partial charge in [-0.2, -0.15) is 0 Å². The van der Waals surface area contributed by atoms with E-state index in [0.717, 1.165) is 12.0 Å². The lowest BCUT2D eigenvalue weighted by Crippen LogP contribution is -2.22. The molecule has 1 N–H and O–H groups in total. The number of hydrogen-bond acceptors (Lipinski definition) is 1. The van der Waals surface area contributed by atoms with Gasteiger partial charge in [0.25, 0.3) is 0 Å². The molecule has 21 heavy (non-hydrogen) atoms. The first kappa shape index (κ1) is 14.3. The van der Waals surface area contributed by atoms with E-state index in [4.69, 9.17) is 0 Å². The van der Waals surface area contributed by atoms with Gasteiger partial charge in [0.1, 0.15) is 0 Å². The largest absolute Gasteiger partial charge is 0.307 e. The van der Waals surface area contributed by atoms with Crippen LogP contribution in [0.2, 0.25) is 0 Å². The average Bonchev–Trinajstić information content (AvgIpc) is 3.26. The standard InChI is InChI=1S/C20H25N/c1-3-7-19-14-20(19)21-15(2)16-10-12-18(13-11-16)17-8-5-4-6-9-17/h4-6,8-13,15,19-21H,3,7,14H2,1-2H3. The first-order chi connectivity index (χ1) is 10.3. The van der Waals surface area contributed by atoms with E-state index < -0.39 is 0 Å². The van der Waals surface area contributed by atoms with E-state index in [1.54, 1.807) is 0 Å². The van der Waals surface area contributed by atoms with Crippen molar-refractivity contribution in [3.05, 3.63) is 60.2 Å². The summed E-state index contributed by atoms with van der Waals surface area (Å²) in [6, 6.07) is 20.8. The maximum absolute atomic E-state index is 3.76. The van der Waals surface area contributed by atoms with Crippen molar-refractivity contribution in [1.29, 1.82) is 0 Å². The van der Waals surface area contributed by atoms with E-state index in [0.29, 0.717) is 6.04 Å². The molecule has 0 amide bonds. The van der Waals surface area contributed by atoms with Crippen molar-refractivity contribution in [2.24, 2.45) is 5.92 Å². The molecule has 3 unspecified atom stereocenters. The van der Waals surface area contributed by atoms with Crippen molar-refractivity contribution >= 4 is 0 Å². The monoisotopic (exact) mass is 279 g/mol. The van der Waals surface area contributed by atoms with Gasteiger partial charge in [0.05, 0.1) is 0 Å². The van der Waals surface area contributed by atoms with Crippen LogP contribution in [0.25, 0.3) is 11.1 Å². The maximum Gasteiger partial charge on any atom is 0.0294 e. The van der Waals surface area contributed by atoms with Crippen LogP contribution < -0.4 is 5.32 Å². The average molecular weight is 279 g/mol. The lowest BCUT2D eigenvalue weighted by molar-refractivity contribution is 0.530. The van der Waals surface area contributed by atoms with E-state index in [1.807, 2.05) is 0 Å². The molecule has 0 radical (unpaired) electrons. The van der Waals surface area contributed by atoms with Gasteiger partial charge in [0.15, 0.2) is 0 Å². The number of hydrogen-bond donors (Lipinski definition) is 1. The highest BCUT2D eigenvalue weighted by Gasteiger charge is 2.36. The van der Waals surface area contributed by atoms with Crippen LogP contribution in [0.3, 0.4) is 0 Å². The van der Waals surface area contributed by atoms with Gasteiger partial charge in [0, 0.05) is 12.1 Å². The van der Waals surface area contributed by atoms with Gasteiger partial charge in [0.2, 0.25) is 0 Å². The molecule has 2 aromatic carbocycles. The Labute approximate surface area is 128 Å². The van der Waals surface area contributed by atoms with Crippen LogP contribution in [-0.4, -0.2) is 6.04 Å². The molecule has 0 heterocycles. The Morgan fingerprint density at radius 1 is 1.00 bits per heavy atom. The molecule has 1 saturated carbocycles. The molecule has 0 aliphatic heterocycles. The Balaban J connectivity index is 1.62. The van der Waals surface area contributed by atoms with Gasteiger partial charge in [-0.1, -0.05) is 67.9 Å². The maximum atomic E-state index is 3.76. The summed E-state index contributed by atoms with van der Waals surface area (Å²) in [6.45, 7) is 4.56. The van der Waals surface area contributed by atoms with Crippen molar-refractivity contribution < 1.29 is 0 Å². The number of nitrogens with one attached hydrogen (secondary N) is 1. The SMILES string of the molecule is CCCC1CC1NC(C)c1ccc(-c2ccccc2)cc1. The van der Waals surface area contributed by atoms with Crippen LogP contribution in [0.1, 0.15) is 44.7 Å². The van der Waals surface area contributed by atoms with Crippen LogP contribution in [0, 0.1) is 5.92 Å². The summed E-state index contributed by atoms with van der Waals surface area (Å²) in [4.78, 5) is 0. The third kappa shape index (κ3) is 3.54. The van der Waals surface area contributed by atoms with E-state index in [-0.39, 0.29) is 0 Å². The molecule has 1 heteroatoms. The fraction of sp³-hybridized carbons (Fsp3) is 0.400. The van der Waals surface area contributed by atoms with Gasteiger partial charge in [-0.15, -0.1) is 0 Å². The molecule has 110 valence electrons. The smallest absolute Gasteiger partial charge is 0.0294 e. The molecule has 0 spiro atoms. The summed E-state index contributed by atoms with van der Waals surface area (Å²) in [5.41, 5.74) is 3.97. The normalized spacial score (nSPS) is 22.0. The summed E-state index contributed by atoms with van der Waals surface area (Å²) in [5, 5.41) is 3.76. The molecular weight excluding hydrogens is 254 g/mol. The molecule has 2 aromatic rings. The lowest BCUT2D eigenvalue weighted by atomic mass is 10.0. The fourth-order valence-corrected chi connectivity index (χ4v) is 3.15. The molecule has 1 aliphatic rings. The zero-order valence-corrected chi connectivity index (χ0v) is 13.0. The van der Waals surface area contributed by atoms with Gasteiger partial charge in [-0.05, 0) is 42.4 Å². The molecule has 3 atom stereocenters. The number of rotatable bonds is 6. The van der Waals surface area contributed by atoms with Crippen molar-refractivity contribution in [1.82, 2.24) is 5.32 Å². The van der Waals surface area contributed by atoms with Crippen LogP contribution in [0.15, 0.2) is 54.6 Å². The second-order valence-electron chi connectivity index (χ2n) is 6.27. The van der Waals surface area contributed by atoms with Gasteiger partial charge >= 0.3 is 0 Å². The van der Waals surface area contributed by atoms with Gasteiger partial charge in [-0.25, -0.2) is 0 Å². The van der Waals surface area contributed by atoms with Gasteiger partial charge in [-0.3, -0.25) is 0 Å². The highest BCUT2D eigenvalue weighted by Crippen LogP contribution is 2.36. The number of benzene rings is 2. The summed E-state index contributed by atoms with van der Waals surface area (Å²) in [5.74, 6) is 0.918. The first-order valence-electron chi connectivity index (χ1n) is 8.19. The summed E-state index contributed by atoms with van der Waals surface area (Å²) < 4.78 is 0. The Morgan fingerprint density at radius 2 is 1.67 bits per heavy atom. The molecule has 0 aromatic heterocycles. The summed E-state index contributed by atoms with van der Waals surface area (Å²) >= 11 is 0. The molecule has 1 aliphatic carbocycles. The molecule has 3 rings (SSSR count). The van der Waals surface area contributed by atoms with E-state index in [9.17, 15) is 0 Å². The van der Waals surface area contributed by atoms with Crippen molar-refractivity contribution in [2.45, 2.75) is 45.2 Å². The first-order valence-corrected chi connectivity index (χ1v) is 8.19. The topological polar surface area (TPSA) is 12.0 Å². The second-order valence-corrected chi connectivity index (χ2v) is 6.27. The Hall–Kier alpha value is -1.60. The van der Waals surface area contributed by atoms with Crippen LogP contribution in [0.4, 0.5) is 0 Å². The van der Waals surface area contributed by atoms with Crippen LogP contribution in [-0.2, 0) is 0 Å². The minimum atomic E-state index is 0.446. The van der Waals surface area contributed by atoms with Crippen LogP contribution >= 0.6 is 0 Å². The Bertz CT molecular complexity index is 558. The quantitative estimate of drug-likeness (QED) is 0.767. The Kier molecular flexibility index (Phi) is 4.40. The van der Waals surface area contributed by atoms with Crippen molar-refractivity contribution in [2.75, 3.05) is 0 Å². The minimum Gasteiger partial charge on any atom is -0.307 e. The predicted molar refractivity (Wildman–Crippen MR) is 90.2 cm³/mol. The molecule has 0 bridgehead atoms. The Morgan fingerprint density at radius 3 is 2.33 bits per heavy atom. The second kappa shape index (κ2) is 6.44. The highest BCUT2D eigenvalue weighted by atomic mass is 15.0. The van der Waals surface area contributed by atoms with Gasteiger partial charge < -0.3 is 5.32 Å². The van der Waals surface area contributed by atoms with Crippen molar-refractivity contribution in [3.8, 4) is 11.1 Å². The molecule has 1 nitrogen and oxygen atoms in total. The predicted octanol–water partition coefficient (Wildman–Crippen LogP) is 5.19. The van der Waals surface area contributed by atoms with Crippen molar-refractivity contribution in [3.63, 3.8) is 0 Å². The minimum absolute atomic E-state index is 0.446. The molecule has 0 saturated heterocycles. The van der Waals surface area contributed by atoms with Crippen LogP contribution in [0.5, 0.6) is 0 Å². The zero-order chi connectivity index (χ0) is 14.7. The fourth-order valence-electron chi connectivity index (χ4n) is 3.15. The third-order valence-electron chi connectivity index (χ3n) is 4.56. The third-order valence-corrected chi connectivity index (χ3v) is 4.56.